The lowest BCUT2D eigenvalue weighted by atomic mass is 10.3. The molecule has 5 nitrogen and oxygen atoms in total. The van der Waals surface area contributed by atoms with Crippen LogP contribution in [0.5, 0.6) is 0 Å². The molecule has 0 aliphatic carbocycles. The quantitative estimate of drug-likeness (QED) is 0.766. The third-order valence-corrected chi connectivity index (χ3v) is 6.33. The fourth-order valence-corrected chi connectivity index (χ4v) is 5.36. The van der Waals surface area contributed by atoms with Gasteiger partial charge in [-0.15, -0.1) is 0 Å². The Kier molecular flexibility index (Phi) is 4.58. The van der Waals surface area contributed by atoms with Crippen molar-refractivity contribution in [3.8, 4) is 0 Å². The maximum absolute atomic E-state index is 12.6. The van der Waals surface area contributed by atoms with E-state index in [-0.39, 0.29) is 11.4 Å². The predicted octanol–water partition coefficient (Wildman–Crippen LogP) is 3.21. The topological polar surface area (TPSA) is 76.5 Å². The molecule has 2 rings (SSSR count). The molecule has 0 radical (unpaired) electrons. The van der Waals surface area contributed by atoms with Crippen LogP contribution in [0.25, 0.3) is 0 Å². The van der Waals surface area contributed by atoms with Crippen LogP contribution >= 0.6 is 31.9 Å². The monoisotopic (exact) mass is 422 g/mol. The molecule has 0 spiro atoms. The van der Waals surface area contributed by atoms with Gasteiger partial charge in [-0.3, -0.25) is 0 Å². The van der Waals surface area contributed by atoms with Gasteiger partial charge in [-0.25, -0.2) is 8.42 Å². The van der Waals surface area contributed by atoms with Crippen LogP contribution < -0.4 is 5.73 Å². The maximum atomic E-state index is 12.6. The van der Waals surface area contributed by atoms with Crippen molar-refractivity contribution in [1.82, 2.24) is 4.31 Å². The number of nitrogens with zero attached hydrogens (tertiary/aromatic N) is 1. The molecule has 0 aliphatic heterocycles. The Morgan fingerprint density at radius 2 is 1.90 bits per heavy atom. The first-order valence-electron chi connectivity index (χ1n) is 5.55. The van der Waals surface area contributed by atoms with Gasteiger partial charge in [0.15, 0.2) is 0 Å². The summed E-state index contributed by atoms with van der Waals surface area (Å²) < 4.78 is 32.4. The third kappa shape index (κ3) is 3.08. The predicted molar refractivity (Wildman–Crippen MR) is 83.6 cm³/mol. The summed E-state index contributed by atoms with van der Waals surface area (Å²) in [5.41, 5.74) is 6.14. The average Bonchev–Trinajstić information content (AvgIpc) is 2.79. The Hall–Kier alpha value is -0.830. The standard InChI is InChI=1S/C12H12Br2N2O3S/c1-16(7-9-3-2-4-19-9)20(17,18)12-10(13)5-8(15)6-11(12)14/h2-6H,7,15H2,1H3. The first kappa shape index (κ1) is 15.6. The molecule has 0 amide bonds. The lowest BCUT2D eigenvalue weighted by Crippen LogP contribution is -2.27. The van der Waals surface area contributed by atoms with E-state index in [9.17, 15) is 8.42 Å². The highest BCUT2D eigenvalue weighted by atomic mass is 79.9. The van der Waals surface area contributed by atoms with Crippen molar-refractivity contribution >= 4 is 47.6 Å². The van der Waals surface area contributed by atoms with E-state index in [1.807, 2.05) is 0 Å². The second-order valence-corrected chi connectivity index (χ2v) is 7.84. The highest BCUT2D eigenvalue weighted by Gasteiger charge is 2.27. The molecule has 0 unspecified atom stereocenters. The molecule has 2 N–H and O–H groups in total. The number of hydrogen-bond donors (Lipinski definition) is 1. The van der Waals surface area contributed by atoms with Crippen LogP contribution in [0.4, 0.5) is 5.69 Å². The van der Waals surface area contributed by atoms with Crippen molar-refractivity contribution in [3.63, 3.8) is 0 Å². The van der Waals surface area contributed by atoms with Gasteiger partial charge in [-0.2, -0.15) is 4.31 Å². The van der Waals surface area contributed by atoms with Crippen LogP contribution in [0.1, 0.15) is 5.76 Å². The fraction of sp³-hybridized carbons (Fsp3) is 0.167. The van der Waals surface area contributed by atoms with E-state index in [1.54, 1.807) is 24.3 Å². The van der Waals surface area contributed by atoms with Gasteiger partial charge in [-0.05, 0) is 56.1 Å². The van der Waals surface area contributed by atoms with E-state index in [2.05, 4.69) is 31.9 Å². The average molecular weight is 424 g/mol. The van der Waals surface area contributed by atoms with Gasteiger partial charge < -0.3 is 10.2 Å². The Labute approximate surface area is 134 Å². The number of furan rings is 1. The normalized spacial score (nSPS) is 12.0. The van der Waals surface area contributed by atoms with Crippen molar-refractivity contribution in [2.75, 3.05) is 12.8 Å². The molecule has 0 saturated heterocycles. The van der Waals surface area contributed by atoms with Crippen molar-refractivity contribution in [1.29, 1.82) is 0 Å². The Bertz CT molecular complexity index is 691. The summed E-state index contributed by atoms with van der Waals surface area (Å²) in [5, 5.41) is 0. The molecule has 1 aromatic carbocycles. The molecule has 8 heteroatoms. The Morgan fingerprint density at radius 1 is 1.30 bits per heavy atom. The number of rotatable bonds is 4. The number of hydrogen-bond acceptors (Lipinski definition) is 4. The second kappa shape index (κ2) is 5.88. The van der Waals surface area contributed by atoms with E-state index in [1.165, 1.54) is 17.6 Å². The molecular weight excluding hydrogens is 412 g/mol. The zero-order valence-corrected chi connectivity index (χ0v) is 14.5. The Morgan fingerprint density at radius 3 is 2.40 bits per heavy atom. The minimum Gasteiger partial charge on any atom is -0.468 e. The van der Waals surface area contributed by atoms with Crippen LogP contribution in [-0.2, 0) is 16.6 Å². The van der Waals surface area contributed by atoms with Gasteiger partial charge >= 0.3 is 0 Å². The van der Waals surface area contributed by atoms with Crippen molar-refractivity contribution in [2.45, 2.75) is 11.4 Å². The SMILES string of the molecule is CN(Cc1ccco1)S(=O)(=O)c1c(Br)cc(N)cc1Br. The summed E-state index contributed by atoms with van der Waals surface area (Å²) in [6.45, 7) is 0.151. The van der Waals surface area contributed by atoms with E-state index < -0.39 is 10.0 Å². The number of benzene rings is 1. The van der Waals surface area contributed by atoms with Crippen molar-refractivity contribution < 1.29 is 12.8 Å². The van der Waals surface area contributed by atoms with Crippen LogP contribution in [0.15, 0.2) is 48.8 Å². The van der Waals surface area contributed by atoms with Gasteiger partial charge in [0.25, 0.3) is 0 Å². The zero-order valence-electron chi connectivity index (χ0n) is 10.5. The van der Waals surface area contributed by atoms with Gasteiger partial charge in [-0.1, -0.05) is 0 Å². The number of halogens is 2. The highest BCUT2D eigenvalue weighted by Crippen LogP contribution is 2.34. The largest absolute Gasteiger partial charge is 0.468 e. The molecule has 0 aliphatic rings. The molecule has 0 saturated carbocycles. The minimum atomic E-state index is -3.67. The summed E-state index contributed by atoms with van der Waals surface area (Å²) in [5.74, 6) is 0.568. The number of nitrogens with two attached hydrogens (primary N) is 1. The van der Waals surface area contributed by atoms with Gasteiger partial charge in [0.05, 0.1) is 12.8 Å². The van der Waals surface area contributed by atoms with Crippen molar-refractivity contribution in [2.24, 2.45) is 0 Å². The van der Waals surface area contributed by atoms with Gasteiger partial charge in [0.2, 0.25) is 10.0 Å². The first-order valence-corrected chi connectivity index (χ1v) is 8.58. The third-order valence-electron chi connectivity index (χ3n) is 2.65. The molecule has 1 aromatic heterocycles. The Balaban J connectivity index is 2.40. The lowest BCUT2D eigenvalue weighted by Gasteiger charge is -2.18. The van der Waals surface area contributed by atoms with Gasteiger partial charge in [0, 0.05) is 21.7 Å². The smallest absolute Gasteiger partial charge is 0.245 e. The number of nitrogen functional groups attached to an aromatic ring is 1. The highest BCUT2D eigenvalue weighted by molar-refractivity contribution is 9.11. The summed E-state index contributed by atoms with van der Waals surface area (Å²) in [6.07, 6.45) is 1.50. The molecular formula is C12H12Br2N2O3S. The minimum absolute atomic E-state index is 0.140. The molecule has 1 heterocycles. The van der Waals surface area contributed by atoms with Crippen LogP contribution in [-0.4, -0.2) is 19.8 Å². The van der Waals surface area contributed by atoms with E-state index in [0.29, 0.717) is 20.4 Å². The summed E-state index contributed by atoms with van der Waals surface area (Å²) in [4.78, 5) is 0.140. The molecule has 2 aromatic rings. The number of anilines is 1. The maximum Gasteiger partial charge on any atom is 0.245 e. The van der Waals surface area contributed by atoms with E-state index in [0.717, 1.165) is 0 Å². The molecule has 0 fully saturated rings. The summed E-state index contributed by atoms with van der Waals surface area (Å²) in [6, 6.07) is 6.54. The molecule has 0 atom stereocenters. The second-order valence-electron chi connectivity index (χ2n) is 4.15. The lowest BCUT2D eigenvalue weighted by molar-refractivity contribution is 0.406. The molecule has 108 valence electrons. The van der Waals surface area contributed by atoms with E-state index in [4.69, 9.17) is 10.2 Å². The fourth-order valence-electron chi connectivity index (χ4n) is 1.69. The van der Waals surface area contributed by atoms with E-state index >= 15 is 0 Å². The van der Waals surface area contributed by atoms with Crippen LogP contribution in [0, 0.1) is 0 Å². The molecule has 20 heavy (non-hydrogen) atoms. The summed E-state index contributed by atoms with van der Waals surface area (Å²) in [7, 11) is -2.18. The van der Waals surface area contributed by atoms with Crippen LogP contribution in [0.2, 0.25) is 0 Å². The zero-order chi connectivity index (χ0) is 14.9. The van der Waals surface area contributed by atoms with Crippen LogP contribution in [0.3, 0.4) is 0 Å². The number of sulfonamides is 1. The molecule has 0 bridgehead atoms. The first-order chi connectivity index (χ1) is 9.32. The van der Waals surface area contributed by atoms with Crippen molar-refractivity contribution in [3.05, 3.63) is 45.2 Å². The van der Waals surface area contributed by atoms with Gasteiger partial charge in [0.1, 0.15) is 10.7 Å². The summed E-state index contributed by atoms with van der Waals surface area (Å²) >= 11 is 6.48.